The number of rotatable bonds is 7. The Labute approximate surface area is 127 Å². The van der Waals surface area contributed by atoms with Crippen LogP contribution < -0.4 is 10.1 Å². The van der Waals surface area contributed by atoms with Crippen molar-refractivity contribution in [1.29, 1.82) is 0 Å². The largest absolute Gasteiger partial charge is 0.497 e. The van der Waals surface area contributed by atoms with E-state index in [1.807, 2.05) is 25.1 Å². The lowest BCUT2D eigenvalue weighted by Gasteiger charge is -2.11. The van der Waals surface area contributed by atoms with Gasteiger partial charge < -0.3 is 19.8 Å². The van der Waals surface area contributed by atoms with E-state index in [4.69, 9.17) is 9.47 Å². The van der Waals surface area contributed by atoms with Gasteiger partial charge in [-0.25, -0.2) is 4.98 Å². The van der Waals surface area contributed by atoms with E-state index in [0.717, 1.165) is 16.8 Å². The number of H-pyrrole nitrogens is 1. The first kappa shape index (κ1) is 15.7. The summed E-state index contributed by atoms with van der Waals surface area (Å²) in [5.74, 6) is 1.04. The van der Waals surface area contributed by atoms with Gasteiger partial charge in [-0.2, -0.15) is 0 Å². The molecule has 7 heteroatoms. The van der Waals surface area contributed by atoms with Crippen LogP contribution in [0.2, 0.25) is 0 Å². The highest BCUT2D eigenvalue weighted by molar-refractivity contribution is 7.99. The summed E-state index contributed by atoms with van der Waals surface area (Å²) in [4.78, 5) is 19.4. The third-order valence-electron chi connectivity index (χ3n) is 2.83. The molecule has 0 aliphatic carbocycles. The number of methoxy groups -OCH3 is 2. The number of carbonyl (C=O) groups is 1. The second-order valence-electron chi connectivity index (χ2n) is 4.64. The molecule has 1 atom stereocenters. The number of nitrogens with zero attached hydrogens (tertiary/aromatic N) is 1. The number of aromatic amines is 1. The van der Waals surface area contributed by atoms with Crippen LogP contribution in [0.4, 0.5) is 0 Å². The van der Waals surface area contributed by atoms with Gasteiger partial charge in [-0.15, -0.1) is 0 Å². The van der Waals surface area contributed by atoms with Crippen molar-refractivity contribution in [3.63, 3.8) is 0 Å². The molecule has 1 amide bonds. The lowest BCUT2D eigenvalue weighted by Crippen LogP contribution is -2.36. The molecule has 0 aliphatic rings. The number of amides is 1. The standard InChI is InChI=1S/C14H19N3O3S/c1-9(7-19-2)15-13(18)8-21-14-16-11-5-4-10(20-3)6-12(11)17-14/h4-6,9H,7-8H2,1-3H3,(H,15,18)(H,16,17). The van der Waals surface area contributed by atoms with Gasteiger partial charge in [-0.3, -0.25) is 4.79 Å². The molecule has 21 heavy (non-hydrogen) atoms. The van der Waals surface area contributed by atoms with Crippen LogP contribution in [0.25, 0.3) is 11.0 Å². The molecule has 1 aromatic heterocycles. The number of ether oxygens (including phenoxy) is 2. The van der Waals surface area contributed by atoms with Gasteiger partial charge in [-0.1, -0.05) is 11.8 Å². The van der Waals surface area contributed by atoms with E-state index in [2.05, 4.69) is 15.3 Å². The minimum atomic E-state index is -0.0393. The number of hydrogen-bond acceptors (Lipinski definition) is 5. The molecule has 2 rings (SSSR count). The summed E-state index contributed by atoms with van der Waals surface area (Å²) < 4.78 is 10.1. The molecule has 0 spiro atoms. The van der Waals surface area contributed by atoms with Gasteiger partial charge in [0.05, 0.1) is 30.5 Å². The van der Waals surface area contributed by atoms with Crippen LogP contribution in [0.5, 0.6) is 5.75 Å². The predicted octanol–water partition coefficient (Wildman–Crippen LogP) is 1.81. The summed E-state index contributed by atoms with van der Waals surface area (Å²) in [6.45, 7) is 2.40. The lowest BCUT2D eigenvalue weighted by atomic mass is 10.3. The van der Waals surface area contributed by atoms with E-state index in [-0.39, 0.29) is 11.9 Å². The highest BCUT2D eigenvalue weighted by atomic mass is 32.2. The van der Waals surface area contributed by atoms with Crippen molar-refractivity contribution < 1.29 is 14.3 Å². The van der Waals surface area contributed by atoms with Gasteiger partial charge in [0, 0.05) is 19.2 Å². The zero-order valence-corrected chi connectivity index (χ0v) is 13.1. The fourth-order valence-electron chi connectivity index (χ4n) is 1.90. The number of hydrogen-bond donors (Lipinski definition) is 2. The molecule has 0 fully saturated rings. The number of thioether (sulfide) groups is 1. The summed E-state index contributed by atoms with van der Waals surface area (Å²) in [6, 6.07) is 5.63. The SMILES string of the molecule is COCC(C)NC(=O)CSc1nc2ccc(OC)cc2[nH]1. The Bertz CT molecular complexity index is 615. The Morgan fingerprint density at radius 3 is 3.00 bits per heavy atom. The zero-order chi connectivity index (χ0) is 15.2. The number of aromatic nitrogens is 2. The normalized spacial score (nSPS) is 12.3. The average Bonchev–Trinajstić information content (AvgIpc) is 2.87. The Morgan fingerprint density at radius 1 is 1.48 bits per heavy atom. The molecule has 0 saturated carbocycles. The number of nitrogens with one attached hydrogen (secondary N) is 2. The highest BCUT2D eigenvalue weighted by Gasteiger charge is 2.10. The molecule has 1 aromatic carbocycles. The second-order valence-corrected chi connectivity index (χ2v) is 5.60. The van der Waals surface area contributed by atoms with E-state index in [1.54, 1.807) is 14.2 Å². The second kappa shape index (κ2) is 7.33. The average molecular weight is 309 g/mol. The molecule has 2 aromatic rings. The highest BCUT2D eigenvalue weighted by Crippen LogP contribution is 2.22. The summed E-state index contributed by atoms with van der Waals surface area (Å²) in [5, 5.41) is 3.57. The van der Waals surface area contributed by atoms with E-state index < -0.39 is 0 Å². The summed E-state index contributed by atoms with van der Waals surface area (Å²) in [5.41, 5.74) is 1.75. The van der Waals surface area contributed by atoms with Crippen LogP contribution in [-0.4, -0.2) is 48.5 Å². The van der Waals surface area contributed by atoms with Crippen molar-refractivity contribution >= 4 is 28.7 Å². The Balaban J connectivity index is 1.92. The number of benzene rings is 1. The van der Waals surface area contributed by atoms with Gasteiger partial charge in [-0.05, 0) is 19.1 Å². The third kappa shape index (κ3) is 4.37. The first-order chi connectivity index (χ1) is 10.1. The molecule has 0 aliphatic heterocycles. The molecular weight excluding hydrogens is 290 g/mol. The van der Waals surface area contributed by atoms with E-state index in [0.29, 0.717) is 17.5 Å². The molecule has 0 saturated heterocycles. The maximum absolute atomic E-state index is 11.8. The topological polar surface area (TPSA) is 76.2 Å². The fraction of sp³-hybridized carbons (Fsp3) is 0.429. The van der Waals surface area contributed by atoms with Crippen LogP contribution >= 0.6 is 11.8 Å². The van der Waals surface area contributed by atoms with Crippen molar-refractivity contribution in [1.82, 2.24) is 15.3 Å². The van der Waals surface area contributed by atoms with Crippen LogP contribution in [-0.2, 0) is 9.53 Å². The Morgan fingerprint density at radius 2 is 2.29 bits per heavy atom. The predicted molar refractivity (Wildman–Crippen MR) is 82.9 cm³/mol. The first-order valence-corrected chi connectivity index (χ1v) is 7.55. The minimum Gasteiger partial charge on any atom is -0.497 e. The molecule has 6 nitrogen and oxygen atoms in total. The molecule has 114 valence electrons. The zero-order valence-electron chi connectivity index (χ0n) is 12.3. The van der Waals surface area contributed by atoms with Gasteiger partial charge in [0.1, 0.15) is 5.75 Å². The summed E-state index contributed by atoms with van der Waals surface area (Å²) in [7, 11) is 3.23. The lowest BCUT2D eigenvalue weighted by molar-refractivity contribution is -0.119. The van der Waals surface area contributed by atoms with E-state index in [1.165, 1.54) is 11.8 Å². The van der Waals surface area contributed by atoms with Crippen LogP contribution in [0.3, 0.4) is 0 Å². The van der Waals surface area contributed by atoms with Crippen molar-refractivity contribution in [2.75, 3.05) is 26.6 Å². The molecule has 0 bridgehead atoms. The van der Waals surface area contributed by atoms with Gasteiger partial charge in [0.25, 0.3) is 0 Å². The van der Waals surface area contributed by atoms with Crippen LogP contribution in [0.15, 0.2) is 23.4 Å². The molecule has 2 N–H and O–H groups in total. The molecular formula is C14H19N3O3S. The number of carbonyl (C=O) groups excluding carboxylic acids is 1. The Hall–Kier alpha value is -1.73. The summed E-state index contributed by atoms with van der Waals surface area (Å²) >= 11 is 1.37. The van der Waals surface area contributed by atoms with Crippen molar-refractivity contribution in [2.24, 2.45) is 0 Å². The minimum absolute atomic E-state index is 0.00281. The molecule has 1 unspecified atom stereocenters. The first-order valence-electron chi connectivity index (χ1n) is 6.57. The maximum Gasteiger partial charge on any atom is 0.230 e. The fourth-order valence-corrected chi connectivity index (χ4v) is 2.60. The number of imidazole rings is 1. The molecule has 1 heterocycles. The quantitative estimate of drug-likeness (QED) is 0.763. The number of fused-ring (bicyclic) bond motifs is 1. The summed E-state index contributed by atoms with van der Waals surface area (Å²) in [6.07, 6.45) is 0. The van der Waals surface area contributed by atoms with Gasteiger partial charge in [0.2, 0.25) is 5.91 Å². The van der Waals surface area contributed by atoms with Crippen molar-refractivity contribution in [3.05, 3.63) is 18.2 Å². The van der Waals surface area contributed by atoms with Crippen molar-refractivity contribution in [3.8, 4) is 5.75 Å². The van der Waals surface area contributed by atoms with Crippen molar-refractivity contribution in [2.45, 2.75) is 18.1 Å². The third-order valence-corrected chi connectivity index (χ3v) is 3.70. The van der Waals surface area contributed by atoms with E-state index >= 15 is 0 Å². The van der Waals surface area contributed by atoms with Crippen LogP contribution in [0.1, 0.15) is 6.92 Å². The molecule has 0 radical (unpaired) electrons. The smallest absolute Gasteiger partial charge is 0.230 e. The van der Waals surface area contributed by atoms with Gasteiger partial charge >= 0.3 is 0 Å². The van der Waals surface area contributed by atoms with Crippen LogP contribution in [0, 0.1) is 0 Å². The van der Waals surface area contributed by atoms with Gasteiger partial charge in [0.15, 0.2) is 5.16 Å². The monoisotopic (exact) mass is 309 g/mol. The van der Waals surface area contributed by atoms with E-state index in [9.17, 15) is 4.79 Å². The Kier molecular flexibility index (Phi) is 5.46. The maximum atomic E-state index is 11.8.